The number of hydrogen-bond acceptors (Lipinski definition) is 2. The molecule has 3 nitrogen and oxygen atoms in total. The van der Waals surface area contributed by atoms with Gasteiger partial charge in [0.1, 0.15) is 5.75 Å². The fraction of sp³-hybridized carbons (Fsp3) is 0.417. The second-order valence-corrected chi connectivity index (χ2v) is 4.20. The largest absolute Gasteiger partial charge is 0.508 e. The van der Waals surface area contributed by atoms with Crippen LogP contribution in [-0.4, -0.2) is 11.0 Å². The molecule has 15 heavy (non-hydrogen) atoms. The lowest BCUT2D eigenvalue weighted by atomic mass is 9.78. The minimum Gasteiger partial charge on any atom is -0.508 e. The number of nitrogens with two attached hydrogens (primary N) is 1. The molecule has 1 fully saturated rings. The Balaban J connectivity index is 2.45. The second kappa shape index (κ2) is 3.57. The van der Waals surface area contributed by atoms with Crippen molar-refractivity contribution in [2.75, 3.05) is 0 Å². The summed E-state index contributed by atoms with van der Waals surface area (Å²) in [4.78, 5) is 11.6. The third-order valence-electron chi connectivity index (χ3n) is 3.33. The van der Waals surface area contributed by atoms with Crippen molar-refractivity contribution >= 4 is 5.91 Å². The van der Waals surface area contributed by atoms with Crippen molar-refractivity contribution in [3.8, 4) is 5.75 Å². The van der Waals surface area contributed by atoms with Gasteiger partial charge in [-0.2, -0.15) is 0 Å². The normalized spacial score (nSPS) is 18.9. The lowest BCUT2D eigenvalue weighted by Crippen LogP contribution is -2.38. The van der Waals surface area contributed by atoms with Crippen LogP contribution in [0.25, 0.3) is 0 Å². The van der Waals surface area contributed by atoms with Crippen molar-refractivity contribution in [1.29, 1.82) is 0 Å². The van der Waals surface area contributed by atoms with Crippen LogP contribution >= 0.6 is 0 Å². The van der Waals surface area contributed by atoms with Gasteiger partial charge in [0.15, 0.2) is 0 Å². The number of amides is 1. The first-order chi connectivity index (χ1) is 7.15. The summed E-state index contributed by atoms with van der Waals surface area (Å²) in [7, 11) is 0. The molecule has 1 aromatic carbocycles. The van der Waals surface area contributed by atoms with Crippen molar-refractivity contribution in [3.05, 3.63) is 29.8 Å². The van der Waals surface area contributed by atoms with Crippen LogP contribution in [0.1, 0.15) is 31.2 Å². The monoisotopic (exact) mass is 205 g/mol. The zero-order valence-corrected chi connectivity index (χ0v) is 8.57. The van der Waals surface area contributed by atoms with Crippen LogP contribution in [0.2, 0.25) is 0 Å². The van der Waals surface area contributed by atoms with Gasteiger partial charge in [0.2, 0.25) is 5.91 Å². The van der Waals surface area contributed by atoms with Crippen molar-refractivity contribution in [3.63, 3.8) is 0 Å². The SMILES string of the molecule is NC(=O)C1(c2cccc(O)c2)CCCC1. The number of carbonyl (C=O) groups excluding carboxylic acids is 1. The van der Waals surface area contributed by atoms with Gasteiger partial charge in [0, 0.05) is 0 Å². The van der Waals surface area contributed by atoms with E-state index in [9.17, 15) is 9.90 Å². The predicted octanol–water partition coefficient (Wildman–Crippen LogP) is 1.69. The summed E-state index contributed by atoms with van der Waals surface area (Å²) in [6, 6.07) is 6.88. The Hall–Kier alpha value is -1.51. The average Bonchev–Trinajstić information content (AvgIpc) is 2.67. The third-order valence-corrected chi connectivity index (χ3v) is 3.33. The summed E-state index contributed by atoms with van der Waals surface area (Å²) in [6.07, 6.45) is 3.65. The van der Waals surface area contributed by atoms with Crippen molar-refractivity contribution in [2.45, 2.75) is 31.1 Å². The zero-order valence-electron chi connectivity index (χ0n) is 8.57. The molecule has 1 saturated carbocycles. The summed E-state index contributed by atoms with van der Waals surface area (Å²) in [5, 5.41) is 9.42. The van der Waals surface area contributed by atoms with Crippen LogP contribution in [0.5, 0.6) is 5.75 Å². The van der Waals surface area contributed by atoms with E-state index in [4.69, 9.17) is 5.73 Å². The van der Waals surface area contributed by atoms with Gasteiger partial charge < -0.3 is 10.8 Å². The molecule has 0 heterocycles. The van der Waals surface area contributed by atoms with Crippen LogP contribution in [-0.2, 0) is 10.2 Å². The zero-order chi connectivity index (χ0) is 10.9. The molecule has 3 N–H and O–H groups in total. The highest BCUT2D eigenvalue weighted by Crippen LogP contribution is 2.41. The highest BCUT2D eigenvalue weighted by molar-refractivity contribution is 5.87. The van der Waals surface area contributed by atoms with E-state index in [1.54, 1.807) is 18.2 Å². The predicted molar refractivity (Wildman–Crippen MR) is 57.4 cm³/mol. The molecule has 0 saturated heterocycles. The summed E-state index contributed by atoms with van der Waals surface area (Å²) >= 11 is 0. The molecule has 0 spiro atoms. The number of benzene rings is 1. The minimum atomic E-state index is -0.543. The van der Waals surface area contributed by atoms with Gasteiger partial charge in [-0.1, -0.05) is 25.0 Å². The molecule has 1 aromatic rings. The van der Waals surface area contributed by atoms with Crippen LogP contribution in [0.15, 0.2) is 24.3 Å². The topological polar surface area (TPSA) is 63.3 Å². The summed E-state index contributed by atoms with van der Waals surface area (Å²) in [5.41, 5.74) is 5.81. The molecule has 1 aliphatic carbocycles. The number of carbonyl (C=O) groups is 1. The highest BCUT2D eigenvalue weighted by Gasteiger charge is 2.41. The Kier molecular flexibility index (Phi) is 2.39. The van der Waals surface area contributed by atoms with E-state index >= 15 is 0 Å². The van der Waals surface area contributed by atoms with Gasteiger partial charge >= 0.3 is 0 Å². The quantitative estimate of drug-likeness (QED) is 0.771. The fourth-order valence-electron chi connectivity index (χ4n) is 2.46. The Morgan fingerprint density at radius 1 is 1.33 bits per heavy atom. The van der Waals surface area contributed by atoms with Gasteiger partial charge in [-0.3, -0.25) is 4.79 Å². The highest BCUT2D eigenvalue weighted by atomic mass is 16.3. The standard InChI is InChI=1S/C12H15NO2/c13-11(15)12(6-1-2-7-12)9-4-3-5-10(14)8-9/h3-5,8,14H,1-2,6-7H2,(H2,13,15). The number of phenolic OH excluding ortho intramolecular Hbond substituents is 1. The number of rotatable bonds is 2. The van der Waals surface area contributed by atoms with E-state index in [2.05, 4.69) is 0 Å². The van der Waals surface area contributed by atoms with E-state index < -0.39 is 5.41 Å². The Morgan fingerprint density at radius 2 is 2.00 bits per heavy atom. The molecule has 0 aliphatic heterocycles. The lowest BCUT2D eigenvalue weighted by molar-refractivity contribution is -0.123. The molecule has 1 aliphatic rings. The first kappa shape index (κ1) is 10.0. The van der Waals surface area contributed by atoms with E-state index in [-0.39, 0.29) is 11.7 Å². The smallest absolute Gasteiger partial charge is 0.228 e. The molecule has 3 heteroatoms. The Morgan fingerprint density at radius 3 is 2.53 bits per heavy atom. The molecule has 2 rings (SSSR count). The minimum absolute atomic E-state index is 0.194. The summed E-state index contributed by atoms with van der Waals surface area (Å²) < 4.78 is 0. The van der Waals surface area contributed by atoms with Gasteiger partial charge in [-0.15, -0.1) is 0 Å². The molecule has 0 bridgehead atoms. The van der Waals surface area contributed by atoms with E-state index in [0.29, 0.717) is 0 Å². The van der Waals surface area contributed by atoms with E-state index in [0.717, 1.165) is 31.2 Å². The van der Waals surface area contributed by atoms with Gasteiger partial charge in [0.25, 0.3) is 0 Å². The number of hydrogen-bond donors (Lipinski definition) is 2. The van der Waals surface area contributed by atoms with Gasteiger partial charge in [0.05, 0.1) is 5.41 Å². The Labute approximate surface area is 88.9 Å². The van der Waals surface area contributed by atoms with E-state index in [1.165, 1.54) is 0 Å². The summed E-state index contributed by atoms with van der Waals surface area (Å²) in [5.74, 6) is -0.0781. The molecular formula is C12H15NO2. The maximum atomic E-state index is 11.6. The van der Waals surface area contributed by atoms with Gasteiger partial charge in [-0.05, 0) is 30.5 Å². The van der Waals surface area contributed by atoms with Crippen molar-refractivity contribution < 1.29 is 9.90 Å². The maximum Gasteiger partial charge on any atom is 0.228 e. The number of phenols is 1. The van der Waals surface area contributed by atoms with Crippen LogP contribution in [0.4, 0.5) is 0 Å². The molecule has 80 valence electrons. The number of aromatic hydroxyl groups is 1. The maximum absolute atomic E-state index is 11.6. The van der Waals surface area contributed by atoms with Crippen molar-refractivity contribution in [2.24, 2.45) is 5.73 Å². The Bertz CT molecular complexity index is 381. The number of primary amides is 1. The molecule has 0 unspecified atom stereocenters. The lowest BCUT2D eigenvalue weighted by Gasteiger charge is -2.25. The van der Waals surface area contributed by atoms with E-state index in [1.807, 2.05) is 6.07 Å². The van der Waals surface area contributed by atoms with Crippen LogP contribution in [0, 0.1) is 0 Å². The first-order valence-electron chi connectivity index (χ1n) is 5.24. The molecular weight excluding hydrogens is 190 g/mol. The second-order valence-electron chi connectivity index (χ2n) is 4.20. The van der Waals surface area contributed by atoms with Crippen LogP contribution < -0.4 is 5.73 Å². The molecule has 1 amide bonds. The van der Waals surface area contributed by atoms with Gasteiger partial charge in [-0.25, -0.2) is 0 Å². The van der Waals surface area contributed by atoms with Crippen molar-refractivity contribution in [1.82, 2.24) is 0 Å². The molecule has 0 radical (unpaired) electrons. The van der Waals surface area contributed by atoms with Crippen LogP contribution in [0.3, 0.4) is 0 Å². The first-order valence-corrected chi connectivity index (χ1v) is 5.24. The fourth-order valence-corrected chi connectivity index (χ4v) is 2.46. The molecule has 0 aromatic heterocycles. The third kappa shape index (κ3) is 1.58. The summed E-state index contributed by atoms with van der Waals surface area (Å²) in [6.45, 7) is 0. The average molecular weight is 205 g/mol. The molecule has 0 atom stereocenters.